The van der Waals surface area contributed by atoms with Crippen LogP contribution in [0.1, 0.15) is 67.9 Å². The van der Waals surface area contributed by atoms with E-state index in [2.05, 4.69) is 73.3 Å². The molecule has 0 bridgehead atoms. The third-order valence-electron chi connectivity index (χ3n) is 4.62. The molecule has 8 nitrogen and oxygen atoms in total. The number of hydrogen-bond donors (Lipinski definition) is 1. The molecule has 2 atom stereocenters. The first-order valence-corrected chi connectivity index (χ1v) is 15.1. The number of H-pyrrole nitrogens is 1. The van der Waals surface area contributed by atoms with Crippen LogP contribution in [0.25, 0.3) is 0 Å². The SMILES string of the molecule is C.CCOC(=O)C(CC(C)C)n1cc(F)c(Br)cc1=O.CCOC(=O)C(I)CC(C)C.O=c1cc(Br)c(F)c[nH]1. The molecule has 13 heteroatoms. The summed E-state index contributed by atoms with van der Waals surface area (Å²) < 4.78 is 37.0. The number of aromatic amines is 1. The molecular weight excluding hydrogens is 773 g/mol. The van der Waals surface area contributed by atoms with Gasteiger partial charge in [-0.05, 0) is 70.4 Å². The molecular formula is C27H39Br2F2IN2O6. The zero-order chi connectivity index (χ0) is 30.3. The van der Waals surface area contributed by atoms with Crippen molar-refractivity contribution in [1.29, 1.82) is 0 Å². The van der Waals surface area contributed by atoms with Crippen LogP contribution in [-0.4, -0.2) is 38.6 Å². The summed E-state index contributed by atoms with van der Waals surface area (Å²) >= 11 is 7.93. The molecule has 0 aliphatic heterocycles. The molecule has 2 unspecified atom stereocenters. The summed E-state index contributed by atoms with van der Waals surface area (Å²) in [5, 5.41) is 0. The highest BCUT2D eigenvalue weighted by Gasteiger charge is 2.24. The average molecular weight is 812 g/mol. The van der Waals surface area contributed by atoms with Gasteiger partial charge in [0.15, 0.2) is 11.6 Å². The number of aromatic nitrogens is 2. The Kier molecular flexibility index (Phi) is 21.4. The summed E-state index contributed by atoms with van der Waals surface area (Å²) in [5.41, 5.74) is -0.754. The van der Waals surface area contributed by atoms with E-state index in [1.807, 2.05) is 20.8 Å². The van der Waals surface area contributed by atoms with E-state index >= 15 is 0 Å². The first-order chi connectivity index (χ1) is 18.1. The van der Waals surface area contributed by atoms with Crippen molar-refractivity contribution in [2.45, 2.75) is 71.8 Å². The van der Waals surface area contributed by atoms with E-state index in [0.717, 1.165) is 35.5 Å². The van der Waals surface area contributed by atoms with E-state index in [-0.39, 0.29) is 44.4 Å². The Morgan fingerprint density at radius 1 is 0.925 bits per heavy atom. The monoisotopic (exact) mass is 810 g/mol. The van der Waals surface area contributed by atoms with E-state index in [0.29, 0.717) is 18.9 Å². The summed E-state index contributed by atoms with van der Waals surface area (Å²) in [6.07, 6.45) is 3.36. The molecule has 0 aliphatic carbocycles. The Labute approximate surface area is 265 Å². The maximum absolute atomic E-state index is 13.5. The van der Waals surface area contributed by atoms with Gasteiger partial charge in [0, 0.05) is 24.5 Å². The van der Waals surface area contributed by atoms with Crippen molar-refractivity contribution in [3.05, 3.63) is 65.8 Å². The molecule has 0 saturated carbocycles. The fraction of sp³-hybridized carbons (Fsp3) is 0.556. The van der Waals surface area contributed by atoms with Crippen molar-refractivity contribution in [2.75, 3.05) is 13.2 Å². The zero-order valence-corrected chi connectivity index (χ0v) is 28.1. The van der Waals surface area contributed by atoms with E-state index in [1.165, 1.54) is 0 Å². The molecule has 2 aromatic heterocycles. The lowest BCUT2D eigenvalue weighted by Crippen LogP contribution is -2.32. The van der Waals surface area contributed by atoms with Crippen LogP contribution in [-0.2, 0) is 19.1 Å². The van der Waals surface area contributed by atoms with Gasteiger partial charge in [-0.1, -0.05) is 57.7 Å². The van der Waals surface area contributed by atoms with Gasteiger partial charge < -0.3 is 14.5 Å². The number of alkyl halides is 1. The van der Waals surface area contributed by atoms with Gasteiger partial charge in [0.1, 0.15) is 9.97 Å². The van der Waals surface area contributed by atoms with Crippen LogP contribution in [0, 0.1) is 23.5 Å². The third kappa shape index (κ3) is 16.0. The van der Waals surface area contributed by atoms with Gasteiger partial charge in [-0.3, -0.25) is 19.0 Å². The molecule has 0 fully saturated rings. The highest BCUT2D eigenvalue weighted by Crippen LogP contribution is 2.20. The minimum atomic E-state index is -0.796. The van der Waals surface area contributed by atoms with E-state index in [9.17, 15) is 28.0 Å². The number of nitrogens with zero attached hydrogens (tertiary/aromatic N) is 1. The van der Waals surface area contributed by atoms with E-state index < -0.39 is 29.2 Å². The zero-order valence-electron chi connectivity index (χ0n) is 22.7. The lowest BCUT2D eigenvalue weighted by atomic mass is 10.0. The van der Waals surface area contributed by atoms with Gasteiger partial charge in [-0.15, -0.1) is 0 Å². The van der Waals surface area contributed by atoms with Crippen molar-refractivity contribution in [3.63, 3.8) is 0 Å². The summed E-state index contributed by atoms with van der Waals surface area (Å²) in [6.45, 7) is 12.3. The van der Waals surface area contributed by atoms with Gasteiger partial charge in [0.25, 0.3) is 5.56 Å². The second-order valence-electron chi connectivity index (χ2n) is 8.95. The van der Waals surface area contributed by atoms with E-state index in [4.69, 9.17) is 9.47 Å². The Morgan fingerprint density at radius 3 is 1.88 bits per heavy atom. The maximum Gasteiger partial charge on any atom is 0.329 e. The van der Waals surface area contributed by atoms with Crippen LogP contribution in [0.4, 0.5) is 8.78 Å². The van der Waals surface area contributed by atoms with Gasteiger partial charge in [0.2, 0.25) is 5.56 Å². The lowest BCUT2D eigenvalue weighted by Gasteiger charge is -2.20. The normalized spacial score (nSPS) is 11.7. The number of halogens is 5. The largest absolute Gasteiger partial charge is 0.465 e. The first-order valence-electron chi connectivity index (χ1n) is 12.2. The highest BCUT2D eigenvalue weighted by atomic mass is 127. The van der Waals surface area contributed by atoms with Crippen LogP contribution in [0.15, 0.2) is 43.1 Å². The van der Waals surface area contributed by atoms with E-state index in [1.54, 1.807) is 6.92 Å². The number of nitrogens with one attached hydrogen (secondary N) is 1. The molecule has 0 spiro atoms. The minimum Gasteiger partial charge on any atom is -0.465 e. The molecule has 0 aliphatic rings. The fourth-order valence-corrected chi connectivity index (χ4v) is 4.74. The average Bonchev–Trinajstić information content (AvgIpc) is 2.83. The molecule has 2 heterocycles. The summed E-state index contributed by atoms with van der Waals surface area (Å²) in [4.78, 5) is 47.4. The lowest BCUT2D eigenvalue weighted by molar-refractivity contribution is -0.148. The second kappa shape index (κ2) is 21.1. The Bertz CT molecular complexity index is 1170. The second-order valence-corrected chi connectivity index (χ2v) is 12.2. The predicted octanol–water partition coefficient (Wildman–Crippen LogP) is 7.21. The predicted molar refractivity (Wildman–Crippen MR) is 169 cm³/mol. The maximum atomic E-state index is 13.5. The summed E-state index contributed by atoms with van der Waals surface area (Å²) in [6, 6.07) is 1.45. The molecule has 228 valence electrons. The number of carbonyl (C=O) groups is 2. The van der Waals surface area contributed by atoms with Crippen molar-refractivity contribution in [1.82, 2.24) is 9.55 Å². The summed E-state index contributed by atoms with van der Waals surface area (Å²) in [5.74, 6) is -0.914. The molecule has 0 saturated heterocycles. The molecule has 0 radical (unpaired) electrons. The van der Waals surface area contributed by atoms with Crippen LogP contribution in [0.2, 0.25) is 0 Å². The smallest absolute Gasteiger partial charge is 0.329 e. The van der Waals surface area contributed by atoms with Crippen LogP contribution in [0.3, 0.4) is 0 Å². The first kappa shape index (κ1) is 40.5. The fourth-order valence-electron chi connectivity index (χ4n) is 2.92. The number of hydrogen-bond acceptors (Lipinski definition) is 6. The number of pyridine rings is 2. The molecule has 40 heavy (non-hydrogen) atoms. The van der Waals surface area contributed by atoms with Gasteiger partial charge in [0.05, 0.1) is 22.2 Å². The van der Waals surface area contributed by atoms with Gasteiger partial charge >= 0.3 is 11.9 Å². The van der Waals surface area contributed by atoms with Crippen LogP contribution < -0.4 is 11.1 Å². The Morgan fingerprint density at radius 2 is 1.43 bits per heavy atom. The highest BCUT2D eigenvalue weighted by molar-refractivity contribution is 14.1. The molecule has 0 aromatic carbocycles. The van der Waals surface area contributed by atoms with Crippen molar-refractivity contribution < 1.29 is 27.8 Å². The van der Waals surface area contributed by atoms with Crippen molar-refractivity contribution in [2.24, 2.45) is 11.8 Å². The number of rotatable bonds is 9. The summed E-state index contributed by atoms with van der Waals surface area (Å²) in [7, 11) is 0. The molecule has 1 N–H and O–H groups in total. The Balaban J connectivity index is 0. The Hall–Kier alpha value is -1.61. The van der Waals surface area contributed by atoms with Crippen molar-refractivity contribution >= 4 is 66.4 Å². The number of ether oxygens (including phenoxy) is 2. The minimum absolute atomic E-state index is 0. The topological polar surface area (TPSA) is 107 Å². The number of esters is 2. The third-order valence-corrected chi connectivity index (χ3v) is 6.85. The molecule has 2 aromatic rings. The van der Waals surface area contributed by atoms with Gasteiger partial charge in [-0.2, -0.15) is 0 Å². The standard InChI is InChI=1S/C13H17BrFNO3.C8H15IO2.C5H3BrFNO.CH4/c1-4-19-13(18)11(5-8(2)3)16-7-10(15)9(14)6-12(16)17;1-4-11-8(10)7(9)5-6(2)3;6-3-1-5(9)8-2-4(3)7;/h6-8,11H,4-5H2,1-3H3;6-7H,4-5H2,1-3H3;1-2H,(H,8,9);1H4. The molecule has 2 rings (SSSR count). The van der Waals surface area contributed by atoms with Gasteiger partial charge in [-0.25, -0.2) is 13.6 Å². The van der Waals surface area contributed by atoms with Crippen LogP contribution >= 0.6 is 54.5 Å². The quantitative estimate of drug-likeness (QED) is 0.163. The number of carbonyl (C=O) groups excluding carboxylic acids is 2. The molecule has 0 amide bonds. The van der Waals surface area contributed by atoms with Crippen LogP contribution in [0.5, 0.6) is 0 Å². The van der Waals surface area contributed by atoms with Crippen molar-refractivity contribution in [3.8, 4) is 0 Å².